The number of rotatable bonds is 4. The first-order valence-corrected chi connectivity index (χ1v) is 6.33. The number of nitrogens with one attached hydrogen (secondary N) is 1. The maximum absolute atomic E-state index is 13.3. The average molecular weight is 239 g/mol. The van der Waals surface area contributed by atoms with Gasteiger partial charge in [-0.05, 0) is 37.1 Å². The molecule has 0 atom stereocenters. The number of halogens is 2. The minimum Gasteiger partial charge on any atom is -0.316 e. The molecule has 1 aromatic carbocycles. The number of likely N-dealkylation sites (N-methyl/N-ethyl adjacent to an activating group) is 1. The zero-order valence-corrected chi connectivity index (χ0v) is 10.2. The van der Waals surface area contributed by atoms with E-state index in [-0.39, 0.29) is 5.41 Å². The van der Waals surface area contributed by atoms with Crippen molar-refractivity contribution >= 4 is 0 Å². The summed E-state index contributed by atoms with van der Waals surface area (Å²) < 4.78 is 26.6. The van der Waals surface area contributed by atoms with Gasteiger partial charge in [0.2, 0.25) is 0 Å². The molecule has 17 heavy (non-hydrogen) atoms. The highest BCUT2D eigenvalue weighted by Crippen LogP contribution is 2.41. The Bertz CT molecular complexity index is 364. The molecule has 1 aliphatic carbocycles. The Morgan fingerprint density at radius 2 is 1.71 bits per heavy atom. The van der Waals surface area contributed by atoms with Crippen LogP contribution < -0.4 is 5.32 Å². The molecule has 1 saturated carbocycles. The van der Waals surface area contributed by atoms with Crippen molar-refractivity contribution in [2.45, 2.75) is 38.0 Å². The van der Waals surface area contributed by atoms with Gasteiger partial charge in [-0.3, -0.25) is 0 Å². The second kappa shape index (κ2) is 5.13. The van der Waals surface area contributed by atoms with E-state index in [1.807, 2.05) is 0 Å². The normalized spacial score (nSPS) is 18.5. The van der Waals surface area contributed by atoms with E-state index in [1.54, 1.807) is 0 Å². The molecule has 1 aromatic rings. The van der Waals surface area contributed by atoms with Gasteiger partial charge < -0.3 is 5.32 Å². The minimum absolute atomic E-state index is 0.0705. The lowest BCUT2D eigenvalue weighted by Gasteiger charge is -2.30. The summed E-state index contributed by atoms with van der Waals surface area (Å²) in [5, 5.41) is 3.32. The fourth-order valence-corrected chi connectivity index (χ4v) is 2.84. The summed E-state index contributed by atoms with van der Waals surface area (Å²) in [5.74, 6) is -0.939. The highest BCUT2D eigenvalue weighted by molar-refractivity contribution is 5.28. The summed E-state index contributed by atoms with van der Waals surface area (Å²) in [6, 6.07) is 3.93. The van der Waals surface area contributed by atoms with E-state index < -0.39 is 11.6 Å². The largest absolute Gasteiger partial charge is 0.316 e. The van der Waals surface area contributed by atoms with Crippen molar-refractivity contribution in [3.8, 4) is 0 Å². The molecule has 0 unspecified atom stereocenters. The summed E-state index contributed by atoms with van der Waals surface area (Å²) in [4.78, 5) is 0. The molecule has 1 fully saturated rings. The highest BCUT2D eigenvalue weighted by Gasteiger charge is 2.35. The van der Waals surface area contributed by atoms with Crippen LogP contribution in [0.4, 0.5) is 8.78 Å². The third-order valence-electron chi connectivity index (χ3n) is 3.75. The first-order chi connectivity index (χ1) is 8.16. The topological polar surface area (TPSA) is 12.0 Å². The predicted octanol–water partition coefficient (Wildman–Crippen LogP) is 3.39. The van der Waals surface area contributed by atoms with E-state index in [0.29, 0.717) is 0 Å². The van der Waals surface area contributed by atoms with Gasteiger partial charge in [0.05, 0.1) is 0 Å². The molecule has 0 bridgehead atoms. The van der Waals surface area contributed by atoms with Crippen molar-refractivity contribution in [2.24, 2.45) is 0 Å². The van der Waals surface area contributed by atoms with Crippen molar-refractivity contribution < 1.29 is 8.78 Å². The van der Waals surface area contributed by atoms with E-state index in [9.17, 15) is 8.78 Å². The SMILES string of the molecule is CCNCC1(c2cc(F)cc(F)c2)CCCC1. The van der Waals surface area contributed by atoms with Crippen LogP contribution in [-0.4, -0.2) is 13.1 Å². The van der Waals surface area contributed by atoms with Gasteiger partial charge in [-0.2, -0.15) is 0 Å². The Labute approximate surface area is 101 Å². The fourth-order valence-electron chi connectivity index (χ4n) is 2.84. The monoisotopic (exact) mass is 239 g/mol. The van der Waals surface area contributed by atoms with Crippen molar-refractivity contribution in [3.05, 3.63) is 35.4 Å². The number of hydrogen-bond donors (Lipinski definition) is 1. The summed E-state index contributed by atoms with van der Waals surface area (Å²) in [5.41, 5.74) is 0.743. The average Bonchev–Trinajstić information content (AvgIpc) is 2.75. The lowest BCUT2D eigenvalue weighted by Crippen LogP contribution is -2.36. The molecule has 3 heteroatoms. The number of hydrogen-bond acceptors (Lipinski definition) is 1. The third kappa shape index (κ3) is 2.65. The van der Waals surface area contributed by atoms with Crippen LogP contribution in [0.1, 0.15) is 38.2 Å². The van der Waals surface area contributed by atoms with Crippen LogP contribution in [0.5, 0.6) is 0 Å². The molecule has 0 heterocycles. The van der Waals surface area contributed by atoms with Crippen LogP contribution in [0.2, 0.25) is 0 Å². The summed E-state index contributed by atoms with van der Waals surface area (Å²) >= 11 is 0. The van der Waals surface area contributed by atoms with E-state index in [0.717, 1.165) is 50.4 Å². The van der Waals surface area contributed by atoms with Gasteiger partial charge in [0.25, 0.3) is 0 Å². The summed E-state index contributed by atoms with van der Waals surface area (Å²) in [6.07, 6.45) is 4.32. The van der Waals surface area contributed by atoms with Gasteiger partial charge in [0.1, 0.15) is 11.6 Å². The van der Waals surface area contributed by atoms with Crippen LogP contribution in [0.3, 0.4) is 0 Å². The zero-order chi connectivity index (χ0) is 12.3. The van der Waals surface area contributed by atoms with Crippen LogP contribution in [0, 0.1) is 11.6 Å². The molecule has 1 aliphatic rings. The Morgan fingerprint density at radius 3 is 2.24 bits per heavy atom. The lowest BCUT2D eigenvalue weighted by atomic mass is 9.78. The quantitative estimate of drug-likeness (QED) is 0.849. The maximum atomic E-state index is 13.3. The molecule has 0 radical (unpaired) electrons. The van der Waals surface area contributed by atoms with Gasteiger partial charge in [-0.1, -0.05) is 19.8 Å². The van der Waals surface area contributed by atoms with E-state index in [4.69, 9.17) is 0 Å². The van der Waals surface area contributed by atoms with E-state index in [1.165, 1.54) is 12.1 Å². The van der Waals surface area contributed by atoms with Crippen LogP contribution >= 0.6 is 0 Å². The highest BCUT2D eigenvalue weighted by atomic mass is 19.1. The summed E-state index contributed by atoms with van der Waals surface area (Å²) in [6.45, 7) is 3.75. The second-order valence-corrected chi connectivity index (χ2v) is 4.93. The van der Waals surface area contributed by atoms with Gasteiger partial charge in [0, 0.05) is 18.0 Å². The lowest BCUT2D eigenvalue weighted by molar-refractivity contribution is 0.405. The third-order valence-corrected chi connectivity index (χ3v) is 3.75. The van der Waals surface area contributed by atoms with Crippen LogP contribution in [0.15, 0.2) is 18.2 Å². The van der Waals surface area contributed by atoms with Gasteiger partial charge in [0.15, 0.2) is 0 Å². The van der Waals surface area contributed by atoms with Gasteiger partial charge in [-0.25, -0.2) is 8.78 Å². The smallest absolute Gasteiger partial charge is 0.126 e. The minimum atomic E-state index is -0.470. The van der Waals surface area contributed by atoms with Crippen molar-refractivity contribution in [2.75, 3.05) is 13.1 Å². The maximum Gasteiger partial charge on any atom is 0.126 e. The Kier molecular flexibility index (Phi) is 3.77. The molecule has 0 aromatic heterocycles. The van der Waals surface area contributed by atoms with Crippen molar-refractivity contribution in [3.63, 3.8) is 0 Å². The molecule has 1 nitrogen and oxygen atoms in total. The van der Waals surface area contributed by atoms with Crippen molar-refractivity contribution in [1.29, 1.82) is 0 Å². The van der Waals surface area contributed by atoms with Crippen LogP contribution in [-0.2, 0) is 5.41 Å². The first-order valence-electron chi connectivity index (χ1n) is 6.33. The Balaban J connectivity index is 2.31. The second-order valence-electron chi connectivity index (χ2n) is 4.93. The number of benzene rings is 1. The molecule has 0 aliphatic heterocycles. The summed E-state index contributed by atoms with van der Waals surface area (Å²) in [7, 11) is 0. The Hall–Kier alpha value is -0.960. The molecule has 2 rings (SSSR count). The molecular weight excluding hydrogens is 220 g/mol. The molecule has 0 spiro atoms. The van der Waals surface area contributed by atoms with E-state index in [2.05, 4.69) is 12.2 Å². The molecule has 94 valence electrons. The molecule has 0 saturated heterocycles. The van der Waals surface area contributed by atoms with Crippen LogP contribution in [0.25, 0.3) is 0 Å². The van der Waals surface area contributed by atoms with Gasteiger partial charge >= 0.3 is 0 Å². The van der Waals surface area contributed by atoms with Crippen molar-refractivity contribution in [1.82, 2.24) is 5.32 Å². The molecule has 0 amide bonds. The Morgan fingerprint density at radius 1 is 1.12 bits per heavy atom. The predicted molar refractivity (Wildman–Crippen MR) is 65.0 cm³/mol. The standard InChI is InChI=1S/C14H19F2N/c1-2-17-10-14(5-3-4-6-14)11-7-12(15)9-13(16)8-11/h7-9,17H,2-6,10H2,1H3. The molecule has 1 N–H and O–H groups in total. The molecular formula is C14H19F2N. The fraction of sp³-hybridized carbons (Fsp3) is 0.571. The van der Waals surface area contributed by atoms with E-state index >= 15 is 0 Å². The zero-order valence-electron chi connectivity index (χ0n) is 10.2. The van der Waals surface area contributed by atoms with Gasteiger partial charge in [-0.15, -0.1) is 0 Å². The first kappa shape index (κ1) is 12.5.